The van der Waals surface area contributed by atoms with Crippen molar-refractivity contribution in [2.24, 2.45) is 35.5 Å². The molecule has 114 valence electrons. The molecule has 8 rings (SSSR count). The second-order valence-corrected chi connectivity index (χ2v) is 9.03. The minimum Gasteiger partial charge on any atom is -0.0502 e. The van der Waals surface area contributed by atoms with Gasteiger partial charge in [-0.3, -0.25) is 0 Å². The zero-order valence-corrected chi connectivity index (χ0v) is 13.4. The lowest BCUT2D eigenvalue weighted by Gasteiger charge is -2.49. The Labute approximate surface area is 126 Å². The molecule has 0 aromatic carbocycles. The summed E-state index contributed by atoms with van der Waals surface area (Å²) in [7, 11) is 0. The van der Waals surface area contributed by atoms with Gasteiger partial charge in [-0.2, -0.15) is 0 Å². The fraction of sp³-hybridized carbons (Fsp3) is 1.00. The third-order valence-electron chi connectivity index (χ3n) is 7.58. The zero-order chi connectivity index (χ0) is 13.4. The van der Waals surface area contributed by atoms with E-state index in [0.29, 0.717) is 0 Å². The minimum absolute atomic E-state index is 1.15. The van der Waals surface area contributed by atoms with Crippen LogP contribution in [0.25, 0.3) is 0 Å². The molecule has 0 nitrogen and oxygen atoms in total. The summed E-state index contributed by atoms with van der Waals surface area (Å²) >= 11 is 0. The summed E-state index contributed by atoms with van der Waals surface area (Å²) in [5, 5.41) is 0. The fourth-order valence-electron chi connectivity index (χ4n) is 5.66. The summed E-state index contributed by atoms with van der Waals surface area (Å²) in [5.41, 5.74) is 0. The number of hydrogen-bond acceptors (Lipinski definition) is 0. The first kappa shape index (κ1) is 13.6. The molecular formula is C20H34. The van der Waals surface area contributed by atoms with Gasteiger partial charge >= 0.3 is 0 Å². The SMILES string of the molecule is C1C2CC1C2.C1CC2CCC1C2.C1CC2CCC1CC2. The number of fused-ring (bicyclic) bond motifs is 5. The van der Waals surface area contributed by atoms with Crippen molar-refractivity contribution >= 4 is 0 Å². The van der Waals surface area contributed by atoms with Crippen molar-refractivity contribution in [1.29, 1.82) is 0 Å². The second-order valence-electron chi connectivity index (χ2n) is 9.03. The van der Waals surface area contributed by atoms with E-state index in [-0.39, 0.29) is 0 Å². The quantitative estimate of drug-likeness (QED) is 0.493. The highest BCUT2D eigenvalue weighted by atomic mass is 14.5. The van der Waals surface area contributed by atoms with Crippen LogP contribution >= 0.6 is 0 Å². The van der Waals surface area contributed by atoms with E-state index in [1.165, 1.54) is 23.7 Å². The topological polar surface area (TPSA) is 0 Å². The van der Waals surface area contributed by atoms with Crippen molar-refractivity contribution in [3.63, 3.8) is 0 Å². The molecule has 0 radical (unpaired) electrons. The molecule has 0 aromatic heterocycles. The van der Waals surface area contributed by atoms with Crippen molar-refractivity contribution in [3.05, 3.63) is 0 Å². The van der Waals surface area contributed by atoms with Gasteiger partial charge in [-0.1, -0.05) is 64.2 Å². The van der Waals surface area contributed by atoms with Crippen molar-refractivity contribution in [2.45, 2.75) is 89.9 Å². The van der Waals surface area contributed by atoms with Crippen LogP contribution in [0.15, 0.2) is 0 Å². The van der Waals surface area contributed by atoms with E-state index in [9.17, 15) is 0 Å². The smallest absolute Gasteiger partial charge is 0.0406 e. The van der Waals surface area contributed by atoms with Gasteiger partial charge in [0.25, 0.3) is 0 Å². The van der Waals surface area contributed by atoms with E-state index in [1.54, 1.807) is 89.9 Å². The van der Waals surface area contributed by atoms with E-state index in [2.05, 4.69) is 0 Å². The molecule has 0 atom stereocenters. The Morgan fingerprint density at radius 2 is 0.450 bits per heavy atom. The predicted molar refractivity (Wildman–Crippen MR) is 85.6 cm³/mol. The van der Waals surface area contributed by atoms with Crippen LogP contribution < -0.4 is 0 Å². The van der Waals surface area contributed by atoms with E-state index < -0.39 is 0 Å². The van der Waals surface area contributed by atoms with Gasteiger partial charge in [-0.05, 0) is 61.2 Å². The summed E-state index contributed by atoms with van der Waals surface area (Å²) in [4.78, 5) is 0. The Bertz CT molecular complexity index is 251. The molecule has 8 aliphatic carbocycles. The normalized spacial score (nSPS) is 49.2. The molecule has 6 bridgehead atoms. The molecule has 8 aliphatic rings. The maximum absolute atomic E-state index is 1.58. The second kappa shape index (κ2) is 6.01. The molecule has 0 aliphatic heterocycles. The fourth-order valence-corrected chi connectivity index (χ4v) is 5.66. The maximum atomic E-state index is 1.58. The summed E-state index contributed by atoms with van der Waals surface area (Å²) in [5.74, 6) is 7.06. The van der Waals surface area contributed by atoms with E-state index in [1.807, 2.05) is 0 Å². The molecule has 0 aromatic rings. The van der Waals surface area contributed by atoms with Crippen LogP contribution in [0.4, 0.5) is 0 Å². The van der Waals surface area contributed by atoms with Crippen molar-refractivity contribution in [2.75, 3.05) is 0 Å². The first-order valence-corrected chi connectivity index (χ1v) is 9.85. The van der Waals surface area contributed by atoms with Crippen molar-refractivity contribution in [1.82, 2.24) is 0 Å². The van der Waals surface area contributed by atoms with Gasteiger partial charge in [0.05, 0.1) is 0 Å². The van der Waals surface area contributed by atoms with Gasteiger partial charge in [0, 0.05) is 0 Å². The molecule has 20 heavy (non-hydrogen) atoms. The molecule has 0 amide bonds. The number of rotatable bonds is 0. The third-order valence-corrected chi connectivity index (χ3v) is 7.58. The average Bonchev–Trinajstić information content (AvgIpc) is 3.03. The molecular weight excluding hydrogens is 240 g/mol. The zero-order valence-electron chi connectivity index (χ0n) is 13.4. The molecule has 8 saturated carbocycles. The van der Waals surface area contributed by atoms with Gasteiger partial charge in [-0.15, -0.1) is 0 Å². The van der Waals surface area contributed by atoms with Gasteiger partial charge in [0.15, 0.2) is 0 Å². The van der Waals surface area contributed by atoms with Crippen molar-refractivity contribution < 1.29 is 0 Å². The lowest BCUT2D eigenvalue weighted by molar-refractivity contribution is 0.0198. The number of hydrogen-bond donors (Lipinski definition) is 0. The lowest BCUT2D eigenvalue weighted by atomic mass is 9.56. The molecule has 0 N–H and O–H groups in total. The highest BCUT2D eigenvalue weighted by molar-refractivity contribution is 4.92. The largest absolute Gasteiger partial charge is 0.0502 e. The summed E-state index contributed by atoms with van der Waals surface area (Å²) < 4.78 is 0. The highest BCUT2D eigenvalue weighted by Gasteiger charge is 2.41. The Morgan fingerprint density at radius 3 is 0.550 bits per heavy atom. The van der Waals surface area contributed by atoms with Crippen molar-refractivity contribution in [3.8, 4) is 0 Å². The van der Waals surface area contributed by atoms with Crippen LogP contribution in [0.5, 0.6) is 0 Å². The Kier molecular flexibility index (Phi) is 4.10. The van der Waals surface area contributed by atoms with Crippen LogP contribution in [-0.4, -0.2) is 0 Å². The third kappa shape index (κ3) is 3.09. The standard InChI is InChI=1S/C8H14.C7H12.C5H8/c1-2-8-5-3-7(1)4-6-8;1-2-7-4-3-6(1)5-7;1-4-2-5(1)3-4/h7-8H,1-6H2;6-7H,1-5H2;4-5H,1-3H2. The van der Waals surface area contributed by atoms with Gasteiger partial charge in [0.1, 0.15) is 0 Å². The van der Waals surface area contributed by atoms with Crippen LogP contribution in [0, 0.1) is 35.5 Å². The van der Waals surface area contributed by atoms with Gasteiger partial charge in [-0.25, -0.2) is 0 Å². The van der Waals surface area contributed by atoms with E-state index in [4.69, 9.17) is 0 Å². The Balaban J connectivity index is 0.0000000812. The van der Waals surface area contributed by atoms with Crippen LogP contribution in [0.1, 0.15) is 89.9 Å². The van der Waals surface area contributed by atoms with Gasteiger partial charge < -0.3 is 0 Å². The Hall–Kier alpha value is 0. The summed E-state index contributed by atoms with van der Waals surface area (Å²) in [6, 6.07) is 0. The lowest BCUT2D eigenvalue weighted by Crippen LogP contribution is -2.38. The van der Waals surface area contributed by atoms with E-state index >= 15 is 0 Å². The average molecular weight is 274 g/mol. The molecule has 0 unspecified atom stereocenters. The minimum atomic E-state index is 1.15. The summed E-state index contributed by atoms with van der Waals surface area (Å²) in [6.07, 6.45) is 21.9. The van der Waals surface area contributed by atoms with Crippen LogP contribution in [0.2, 0.25) is 0 Å². The highest BCUT2D eigenvalue weighted by Crippen LogP contribution is 2.52. The molecule has 8 fully saturated rings. The van der Waals surface area contributed by atoms with Crippen LogP contribution in [0.3, 0.4) is 0 Å². The van der Waals surface area contributed by atoms with E-state index in [0.717, 1.165) is 11.8 Å². The molecule has 0 spiro atoms. The predicted octanol–water partition coefficient (Wildman–Crippen LogP) is 6.20. The molecule has 0 saturated heterocycles. The molecule has 0 heterocycles. The first-order valence-electron chi connectivity index (χ1n) is 9.85. The Morgan fingerprint density at radius 1 is 0.250 bits per heavy atom. The monoisotopic (exact) mass is 274 g/mol. The van der Waals surface area contributed by atoms with Gasteiger partial charge in [0.2, 0.25) is 0 Å². The maximum Gasteiger partial charge on any atom is -0.0406 e. The summed E-state index contributed by atoms with van der Waals surface area (Å²) in [6.45, 7) is 0. The molecule has 0 heteroatoms. The van der Waals surface area contributed by atoms with Crippen LogP contribution in [-0.2, 0) is 0 Å². The first-order chi connectivity index (χ1) is 9.85.